The van der Waals surface area contributed by atoms with Crippen LogP contribution in [0, 0.1) is 0 Å². The van der Waals surface area contributed by atoms with Gasteiger partial charge in [-0.25, -0.2) is 0 Å². The third kappa shape index (κ3) is 2.51. The highest BCUT2D eigenvalue weighted by Crippen LogP contribution is 2.30. The normalized spacial score (nSPS) is 22.2. The molecule has 1 aromatic carbocycles. The van der Waals surface area contributed by atoms with Crippen molar-refractivity contribution < 1.29 is 4.74 Å². The molecule has 2 rings (SSSR count). The largest absolute Gasteiger partial charge is 0.383 e. The van der Waals surface area contributed by atoms with E-state index >= 15 is 0 Å². The molecule has 0 amide bonds. The van der Waals surface area contributed by atoms with Gasteiger partial charge in [-0.2, -0.15) is 0 Å². The maximum absolute atomic E-state index is 5.96. The van der Waals surface area contributed by atoms with E-state index < -0.39 is 0 Å². The average Bonchev–Trinajstić information content (AvgIpc) is 2.37. The first-order chi connectivity index (χ1) is 8.27. The van der Waals surface area contributed by atoms with E-state index in [-0.39, 0.29) is 0 Å². The molecule has 17 heavy (non-hydrogen) atoms. The highest BCUT2D eigenvalue weighted by Gasteiger charge is 2.28. The van der Waals surface area contributed by atoms with Gasteiger partial charge in [0.05, 0.1) is 6.61 Å². The van der Waals surface area contributed by atoms with E-state index in [9.17, 15) is 0 Å². The smallest absolute Gasteiger partial charge is 0.0615 e. The Kier molecular flexibility index (Phi) is 4.15. The number of hydrogen-bond donors (Lipinski definition) is 1. The summed E-state index contributed by atoms with van der Waals surface area (Å²) in [6, 6.07) is 9.40. The molecule has 0 saturated heterocycles. The van der Waals surface area contributed by atoms with Gasteiger partial charge in [0.2, 0.25) is 0 Å². The van der Waals surface area contributed by atoms with Crippen LogP contribution in [-0.2, 0) is 11.2 Å². The molecule has 1 aromatic rings. The lowest BCUT2D eigenvalue weighted by Crippen LogP contribution is -2.46. The van der Waals surface area contributed by atoms with Gasteiger partial charge in [0, 0.05) is 32.3 Å². The number of fused-ring (bicyclic) bond motifs is 1. The summed E-state index contributed by atoms with van der Waals surface area (Å²) in [5.41, 5.74) is 8.80. The van der Waals surface area contributed by atoms with Gasteiger partial charge in [-0.05, 0) is 24.5 Å². The van der Waals surface area contributed by atoms with Crippen molar-refractivity contribution in [1.29, 1.82) is 0 Å². The van der Waals surface area contributed by atoms with Gasteiger partial charge in [0.25, 0.3) is 0 Å². The van der Waals surface area contributed by atoms with Crippen molar-refractivity contribution in [3.8, 4) is 0 Å². The molecular formula is C14H22N2O. The van der Waals surface area contributed by atoms with Crippen molar-refractivity contribution in [3.63, 3.8) is 0 Å². The van der Waals surface area contributed by atoms with Crippen LogP contribution < -0.4 is 5.73 Å². The van der Waals surface area contributed by atoms with Crippen molar-refractivity contribution in [1.82, 2.24) is 4.90 Å². The van der Waals surface area contributed by atoms with Crippen LogP contribution in [0.25, 0.3) is 0 Å². The van der Waals surface area contributed by atoms with Crippen LogP contribution in [0.2, 0.25) is 0 Å². The maximum Gasteiger partial charge on any atom is 0.0615 e. The fourth-order valence-corrected chi connectivity index (χ4v) is 2.80. The third-order valence-corrected chi connectivity index (χ3v) is 3.65. The van der Waals surface area contributed by atoms with E-state index in [2.05, 4.69) is 36.1 Å². The van der Waals surface area contributed by atoms with E-state index in [1.165, 1.54) is 11.1 Å². The fraction of sp³-hybridized carbons (Fsp3) is 0.571. The topological polar surface area (TPSA) is 38.5 Å². The zero-order chi connectivity index (χ0) is 12.3. The second-order valence-corrected chi connectivity index (χ2v) is 4.74. The first-order valence-electron chi connectivity index (χ1n) is 6.30. The number of benzene rings is 1. The number of ether oxygens (including phenoxy) is 1. The number of nitrogens with zero attached hydrogens (tertiary/aromatic N) is 1. The number of hydrogen-bond acceptors (Lipinski definition) is 3. The molecule has 2 unspecified atom stereocenters. The van der Waals surface area contributed by atoms with Crippen LogP contribution in [0.4, 0.5) is 0 Å². The molecule has 1 heterocycles. The Labute approximate surface area is 104 Å². The van der Waals surface area contributed by atoms with Crippen molar-refractivity contribution in [2.24, 2.45) is 5.73 Å². The van der Waals surface area contributed by atoms with Crippen molar-refractivity contribution in [2.45, 2.75) is 25.4 Å². The highest BCUT2D eigenvalue weighted by molar-refractivity contribution is 5.32. The predicted molar refractivity (Wildman–Crippen MR) is 70.0 cm³/mol. The average molecular weight is 234 g/mol. The Hall–Kier alpha value is -0.900. The number of methoxy groups -OCH3 is 1. The molecule has 1 aliphatic heterocycles. The quantitative estimate of drug-likeness (QED) is 0.859. The van der Waals surface area contributed by atoms with Gasteiger partial charge in [0.15, 0.2) is 0 Å². The molecule has 2 N–H and O–H groups in total. The van der Waals surface area contributed by atoms with Gasteiger partial charge >= 0.3 is 0 Å². The number of rotatable bonds is 4. The summed E-state index contributed by atoms with van der Waals surface area (Å²) in [6.45, 7) is 4.72. The lowest BCUT2D eigenvalue weighted by molar-refractivity contribution is 0.0660. The van der Waals surface area contributed by atoms with E-state index in [1.807, 2.05) is 0 Å². The van der Waals surface area contributed by atoms with Gasteiger partial charge in [-0.15, -0.1) is 0 Å². The second-order valence-electron chi connectivity index (χ2n) is 4.74. The Morgan fingerprint density at radius 3 is 2.94 bits per heavy atom. The molecule has 94 valence electrons. The van der Waals surface area contributed by atoms with Crippen LogP contribution in [0.1, 0.15) is 24.1 Å². The molecule has 0 saturated carbocycles. The zero-order valence-electron chi connectivity index (χ0n) is 10.7. The zero-order valence-corrected chi connectivity index (χ0v) is 10.7. The standard InChI is InChI=1S/C14H22N2O/c1-11(10-17-2)16-8-7-12-5-3-4-6-13(12)14(16)9-15/h3-6,11,14H,7-10,15H2,1-2H3. The van der Waals surface area contributed by atoms with Gasteiger partial charge in [0.1, 0.15) is 0 Å². The summed E-state index contributed by atoms with van der Waals surface area (Å²) in [5.74, 6) is 0. The summed E-state index contributed by atoms with van der Waals surface area (Å²) in [7, 11) is 1.76. The Morgan fingerprint density at radius 2 is 2.24 bits per heavy atom. The minimum Gasteiger partial charge on any atom is -0.383 e. The van der Waals surface area contributed by atoms with E-state index in [4.69, 9.17) is 10.5 Å². The molecule has 2 atom stereocenters. The van der Waals surface area contributed by atoms with Gasteiger partial charge in [-0.3, -0.25) is 4.90 Å². The predicted octanol–water partition coefficient (Wildman–Crippen LogP) is 1.58. The molecule has 3 nitrogen and oxygen atoms in total. The Balaban J connectivity index is 2.23. The summed E-state index contributed by atoms with van der Waals surface area (Å²) in [5, 5.41) is 0. The van der Waals surface area contributed by atoms with E-state index in [0.29, 0.717) is 18.6 Å². The van der Waals surface area contributed by atoms with E-state index in [1.54, 1.807) is 7.11 Å². The van der Waals surface area contributed by atoms with Crippen molar-refractivity contribution >= 4 is 0 Å². The molecule has 3 heteroatoms. The van der Waals surface area contributed by atoms with Crippen LogP contribution in [0.15, 0.2) is 24.3 Å². The Morgan fingerprint density at radius 1 is 1.47 bits per heavy atom. The van der Waals surface area contributed by atoms with Crippen LogP contribution in [0.3, 0.4) is 0 Å². The molecule has 0 aromatic heterocycles. The highest BCUT2D eigenvalue weighted by atomic mass is 16.5. The molecule has 0 aliphatic carbocycles. The van der Waals surface area contributed by atoms with E-state index in [0.717, 1.165) is 19.6 Å². The van der Waals surface area contributed by atoms with Crippen LogP contribution >= 0.6 is 0 Å². The molecule has 0 fully saturated rings. The van der Waals surface area contributed by atoms with Crippen molar-refractivity contribution in [2.75, 3.05) is 26.8 Å². The van der Waals surface area contributed by atoms with Crippen LogP contribution in [0.5, 0.6) is 0 Å². The fourth-order valence-electron chi connectivity index (χ4n) is 2.80. The summed E-state index contributed by atoms with van der Waals surface area (Å²) < 4.78 is 5.26. The summed E-state index contributed by atoms with van der Waals surface area (Å²) >= 11 is 0. The molecular weight excluding hydrogens is 212 g/mol. The lowest BCUT2D eigenvalue weighted by atomic mass is 9.91. The first kappa shape index (κ1) is 12.6. The minimum absolute atomic E-state index is 0.338. The van der Waals surface area contributed by atoms with Gasteiger partial charge in [-0.1, -0.05) is 24.3 Å². The Bertz CT molecular complexity index is 367. The lowest BCUT2D eigenvalue weighted by Gasteiger charge is -2.40. The SMILES string of the molecule is COCC(C)N1CCc2ccccc2C1CN. The van der Waals surface area contributed by atoms with Crippen molar-refractivity contribution in [3.05, 3.63) is 35.4 Å². The number of nitrogens with two attached hydrogens (primary N) is 1. The molecule has 1 aliphatic rings. The monoisotopic (exact) mass is 234 g/mol. The van der Waals surface area contributed by atoms with Crippen LogP contribution in [-0.4, -0.2) is 37.7 Å². The minimum atomic E-state index is 0.338. The maximum atomic E-state index is 5.96. The van der Waals surface area contributed by atoms with Gasteiger partial charge < -0.3 is 10.5 Å². The molecule has 0 spiro atoms. The molecule has 0 radical (unpaired) electrons. The molecule has 0 bridgehead atoms. The summed E-state index contributed by atoms with van der Waals surface area (Å²) in [4.78, 5) is 2.46. The second kappa shape index (κ2) is 5.63. The summed E-state index contributed by atoms with van der Waals surface area (Å²) in [6.07, 6.45) is 1.11. The first-order valence-corrected chi connectivity index (χ1v) is 6.30. The third-order valence-electron chi connectivity index (χ3n) is 3.65.